The fourth-order valence-electron chi connectivity index (χ4n) is 10.4. The van der Waals surface area contributed by atoms with Crippen LogP contribution in [0.25, 0.3) is 0 Å². The molecule has 4 aliphatic carbocycles. The van der Waals surface area contributed by atoms with Crippen LogP contribution in [0.2, 0.25) is 0 Å². The van der Waals surface area contributed by atoms with Crippen LogP contribution in [-0.2, 0) is 13.6 Å². The number of alkyl halides is 1. The highest BCUT2D eigenvalue weighted by Crippen LogP contribution is 2.69. The van der Waals surface area contributed by atoms with Gasteiger partial charge in [-0.25, -0.2) is 4.57 Å². The van der Waals surface area contributed by atoms with Crippen molar-refractivity contribution in [3.05, 3.63) is 0 Å². The summed E-state index contributed by atoms with van der Waals surface area (Å²) in [4.78, 5) is 10.2. The highest BCUT2D eigenvalue weighted by Gasteiger charge is 2.60. The van der Waals surface area contributed by atoms with Crippen molar-refractivity contribution >= 4 is 23.8 Å². The Hall–Kier alpha value is 0.590. The zero-order chi connectivity index (χ0) is 27.7. The van der Waals surface area contributed by atoms with Gasteiger partial charge in [-0.1, -0.05) is 70.3 Å². The third-order valence-corrected chi connectivity index (χ3v) is 14.3. The molecule has 4 saturated carbocycles. The van der Waals surface area contributed by atoms with Crippen LogP contribution in [0.1, 0.15) is 125 Å². The van der Waals surface area contributed by atoms with Gasteiger partial charge in [-0.05, 0) is 129 Å². The number of halogens is 1. The van der Waals surface area contributed by atoms with E-state index in [0.29, 0.717) is 23.2 Å². The molecular weight excluding hydrogens is 559 g/mol. The number of phosphoric acid groups is 1. The highest BCUT2D eigenvalue weighted by atomic mass is 79.9. The minimum Gasteiger partial charge on any atom is -0.302 e. The van der Waals surface area contributed by atoms with E-state index in [4.69, 9.17) is 9.05 Å². The van der Waals surface area contributed by atoms with Gasteiger partial charge in [-0.3, -0.25) is 9.05 Å². The Labute approximate surface area is 242 Å². The maximum Gasteiger partial charge on any atom is 0.472 e. The standard InChI is InChI=1S/C32H58BrO4P/c1-7-24(22(2)3)10-9-23(4)28-13-14-29-27-12-11-25-21-26(37-38(34,35)36-20-8-19-33)15-17-31(25,5)30(27)16-18-32(28,29)6/h22-30H,7-21H2,1-6H3,(H,34,35)/t23-,24-,25?,26+,27?,28-,29?,30?,31+,32-/m1/s1. The Morgan fingerprint density at radius 2 is 1.68 bits per heavy atom. The van der Waals surface area contributed by atoms with Crippen LogP contribution >= 0.6 is 23.8 Å². The maximum atomic E-state index is 12.5. The number of hydrogen-bond acceptors (Lipinski definition) is 3. The molecule has 0 aliphatic heterocycles. The molecule has 222 valence electrons. The topological polar surface area (TPSA) is 55.8 Å². The molecule has 0 aromatic carbocycles. The lowest BCUT2D eigenvalue weighted by Gasteiger charge is -2.61. The summed E-state index contributed by atoms with van der Waals surface area (Å²) in [6.07, 6.45) is 15.9. The van der Waals surface area contributed by atoms with Gasteiger partial charge in [0.1, 0.15) is 0 Å². The van der Waals surface area contributed by atoms with Crippen molar-refractivity contribution in [1.82, 2.24) is 0 Å². The molecule has 4 fully saturated rings. The fourth-order valence-corrected chi connectivity index (χ4v) is 11.6. The first kappa shape index (κ1) is 31.5. The normalized spacial score (nSPS) is 42.1. The van der Waals surface area contributed by atoms with Gasteiger partial charge in [0.2, 0.25) is 0 Å². The van der Waals surface area contributed by atoms with Crippen LogP contribution in [-0.4, -0.2) is 22.9 Å². The molecule has 5 unspecified atom stereocenters. The van der Waals surface area contributed by atoms with Gasteiger partial charge in [0.05, 0.1) is 12.7 Å². The Balaban J connectivity index is 1.37. The first-order valence-electron chi connectivity index (χ1n) is 16.2. The van der Waals surface area contributed by atoms with Crippen molar-refractivity contribution in [1.29, 1.82) is 0 Å². The van der Waals surface area contributed by atoms with Crippen molar-refractivity contribution in [2.75, 3.05) is 11.9 Å². The van der Waals surface area contributed by atoms with E-state index in [1.165, 1.54) is 57.8 Å². The van der Waals surface area contributed by atoms with Gasteiger partial charge in [0.25, 0.3) is 0 Å². The number of phosphoric ester groups is 1. The zero-order valence-corrected chi connectivity index (χ0v) is 27.8. The van der Waals surface area contributed by atoms with Gasteiger partial charge in [-0.15, -0.1) is 0 Å². The number of fused-ring (bicyclic) bond motifs is 5. The summed E-state index contributed by atoms with van der Waals surface area (Å²) < 4.78 is 23.4. The number of rotatable bonds is 12. The Morgan fingerprint density at radius 1 is 0.974 bits per heavy atom. The third kappa shape index (κ3) is 6.48. The van der Waals surface area contributed by atoms with Gasteiger partial charge in [-0.2, -0.15) is 0 Å². The lowest BCUT2D eigenvalue weighted by atomic mass is 9.44. The molecule has 0 amide bonds. The molecule has 0 heterocycles. The molecular formula is C32H58BrO4P. The molecule has 0 saturated heterocycles. The summed E-state index contributed by atoms with van der Waals surface area (Å²) in [5.41, 5.74) is 0.884. The van der Waals surface area contributed by atoms with Crippen molar-refractivity contribution in [2.24, 2.45) is 58.2 Å². The Bertz CT molecular complexity index is 821. The van der Waals surface area contributed by atoms with E-state index in [1.807, 2.05) is 0 Å². The predicted molar refractivity (Wildman–Crippen MR) is 161 cm³/mol. The smallest absolute Gasteiger partial charge is 0.302 e. The van der Waals surface area contributed by atoms with Crippen LogP contribution in [0, 0.1) is 58.2 Å². The summed E-state index contributed by atoms with van der Waals surface area (Å²) in [6.45, 7) is 15.3. The molecule has 0 bridgehead atoms. The van der Waals surface area contributed by atoms with E-state index >= 15 is 0 Å². The summed E-state index contributed by atoms with van der Waals surface area (Å²) in [5.74, 6) is 6.63. The summed E-state index contributed by atoms with van der Waals surface area (Å²) in [7, 11) is -3.97. The van der Waals surface area contributed by atoms with Gasteiger partial charge < -0.3 is 4.89 Å². The van der Waals surface area contributed by atoms with Crippen molar-refractivity contribution in [2.45, 2.75) is 131 Å². The Kier molecular flexibility index (Phi) is 10.7. The summed E-state index contributed by atoms with van der Waals surface area (Å²) in [5, 5.41) is 0.760. The predicted octanol–water partition coefficient (Wildman–Crippen LogP) is 10.0. The second kappa shape index (κ2) is 12.8. The van der Waals surface area contributed by atoms with Gasteiger partial charge in [0.15, 0.2) is 0 Å². The van der Waals surface area contributed by atoms with Crippen LogP contribution < -0.4 is 0 Å². The van der Waals surface area contributed by atoms with E-state index in [9.17, 15) is 9.46 Å². The average Bonchev–Trinajstić information content (AvgIpc) is 3.21. The summed E-state index contributed by atoms with van der Waals surface area (Å²) >= 11 is 3.35. The molecule has 11 atom stereocenters. The van der Waals surface area contributed by atoms with E-state index in [-0.39, 0.29) is 12.7 Å². The van der Waals surface area contributed by atoms with Crippen LogP contribution in [0.5, 0.6) is 0 Å². The minimum atomic E-state index is -3.97. The van der Waals surface area contributed by atoms with E-state index in [1.54, 1.807) is 0 Å². The molecule has 0 radical (unpaired) electrons. The average molecular weight is 618 g/mol. The molecule has 38 heavy (non-hydrogen) atoms. The van der Waals surface area contributed by atoms with Crippen LogP contribution in [0.4, 0.5) is 0 Å². The largest absolute Gasteiger partial charge is 0.472 e. The quantitative estimate of drug-likeness (QED) is 0.135. The summed E-state index contributed by atoms with van der Waals surface area (Å²) in [6, 6.07) is 0. The molecule has 4 rings (SSSR count). The SMILES string of the molecule is CC[C@H](CC[C@@H](C)[C@H]1CCC2C3CCC4C[C@@H](OP(=O)(O)OCCCBr)CC[C@]4(C)C3CC[C@@]21C)C(C)C. The lowest BCUT2D eigenvalue weighted by molar-refractivity contribution is -0.128. The minimum absolute atomic E-state index is 0.146. The highest BCUT2D eigenvalue weighted by molar-refractivity contribution is 9.09. The third-order valence-electron chi connectivity index (χ3n) is 12.7. The molecule has 1 N–H and O–H groups in total. The molecule has 0 aromatic heterocycles. The molecule has 0 aromatic rings. The second-order valence-corrected chi connectivity index (χ2v) is 16.9. The maximum absolute atomic E-state index is 12.5. The van der Waals surface area contributed by atoms with Crippen LogP contribution in [0.15, 0.2) is 0 Å². The molecule has 6 heteroatoms. The first-order valence-corrected chi connectivity index (χ1v) is 18.8. The molecule has 4 nitrogen and oxygen atoms in total. The van der Waals surface area contributed by atoms with Crippen molar-refractivity contribution < 1.29 is 18.5 Å². The number of hydrogen-bond donors (Lipinski definition) is 1. The Morgan fingerprint density at radius 3 is 2.37 bits per heavy atom. The molecule has 0 spiro atoms. The van der Waals surface area contributed by atoms with Gasteiger partial charge in [0, 0.05) is 5.33 Å². The van der Waals surface area contributed by atoms with Crippen molar-refractivity contribution in [3.8, 4) is 0 Å². The van der Waals surface area contributed by atoms with Crippen LogP contribution in [0.3, 0.4) is 0 Å². The second-order valence-electron chi connectivity index (χ2n) is 14.7. The van der Waals surface area contributed by atoms with Gasteiger partial charge >= 0.3 is 7.82 Å². The first-order chi connectivity index (χ1) is 17.9. The zero-order valence-electron chi connectivity index (χ0n) is 25.3. The molecule has 4 aliphatic rings. The van der Waals surface area contributed by atoms with Crippen molar-refractivity contribution in [3.63, 3.8) is 0 Å². The fraction of sp³-hybridized carbons (Fsp3) is 1.00. The van der Waals surface area contributed by atoms with E-state index in [0.717, 1.165) is 66.0 Å². The lowest BCUT2D eigenvalue weighted by Crippen LogP contribution is -2.54. The monoisotopic (exact) mass is 616 g/mol. The van der Waals surface area contributed by atoms with E-state index in [2.05, 4.69) is 57.5 Å². The van der Waals surface area contributed by atoms with E-state index < -0.39 is 7.82 Å².